The summed E-state index contributed by atoms with van der Waals surface area (Å²) in [5.74, 6) is 0.684. The van der Waals surface area contributed by atoms with Crippen LogP contribution in [0.2, 0.25) is 0 Å². The summed E-state index contributed by atoms with van der Waals surface area (Å²) >= 11 is 0. The van der Waals surface area contributed by atoms with Crippen LogP contribution >= 0.6 is 0 Å². The van der Waals surface area contributed by atoms with E-state index in [4.69, 9.17) is 4.74 Å². The third-order valence-electron chi connectivity index (χ3n) is 2.90. The topological polar surface area (TPSA) is 29.5 Å². The van der Waals surface area contributed by atoms with Crippen LogP contribution in [0.5, 0.6) is 0 Å². The molecule has 1 rings (SSSR count). The minimum Gasteiger partial charge on any atom is -0.447 e. The number of carbonyl (C=O) groups excluding carboxylic acids is 1. The monoisotopic (exact) mass is 213 g/mol. The first-order valence-electron chi connectivity index (χ1n) is 6.01. The first kappa shape index (κ1) is 12.3. The van der Waals surface area contributed by atoms with E-state index in [9.17, 15) is 4.79 Å². The summed E-state index contributed by atoms with van der Waals surface area (Å²) in [7, 11) is 1.83. The first-order valence-corrected chi connectivity index (χ1v) is 6.01. The predicted molar refractivity (Wildman–Crippen MR) is 60.8 cm³/mol. The van der Waals surface area contributed by atoms with Crippen LogP contribution in [0.3, 0.4) is 0 Å². The Morgan fingerprint density at radius 1 is 1.33 bits per heavy atom. The molecule has 1 saturated carbocycles. The van der Waals surface area contributed by atoms with Crippen LogP contribution in [0.15, 0.2) is 0 Å². The Kier molecular flexibility index (Phi) is 4.92. The van der Waals surface area contributed by atoms with Crippen molar-refractivity contribution < 1.29 is 9.53 Å². The van der Waals surface area contributed by atoms with E-state index in [2.05, 4.69) is 0 Å². The van der Waals surface area contributed by atoms with Gasteiger partial charge in [0.15, 0.2) is 0 Å². The second kappa shape index (κ2) is 5.99. The van der Waals surface area contributed by atoms with E-state index in [1.54, 1.807) is 4.90 Å². The van der Waals surface area contributed by atoms with E-state index in [-0.39, 0.29) is 12.2 Å². The molecule has 0 aromatic heterocycles. The van der Waals surface area contributed by atoms with Gasteiger partial charge in [0.2, 0.25) is 0 Å². The summed E-state index contributed by atoms with van der Waals surface area (Å²) in [6, 6.07) is 0. The highest BCUT2D eigenvalue weighted by molar-refractivity contribution is 5.67. The molecule has 0 aromatic carbocycles. The van der Waals surface area contributed by atoms with Gasteiger partial charge in [0.05, 0.1) is 6.10 Å². The smallest absolute Gasteiger partial charge is 0.409 e. The molecule has 1 amide bonds. The Hall–Kier alpha value is -0.730. The molecule has 0 bridgehead atoms. The van der Waals surface area contributed by atoms with Crippen LogP contribution in [-0.4, -0.2) is 30.7 Å². The second-order valence-electron chi connectivity index (χ2n) is 4.82. The average molecular weight is 213 g/mol. The van der Waals surface area contributed by atoms with Crippen molar-refractivity contribution in [3.05, 3.63) is 0 Å². The summed E-state index contributed by atoms with van der Waals surface area (Å²) in [6.45, 7) is 4.62. The van der Waals surface area contributed by atoms with Crippen molar-refractivity contribution in [3.63, 3.8) is 0 Å². The normalized spacial score (nSPS) is 17.9. The van der Waals surface area contributed by atoms with E-state index in [1.807, 2.05) is 20.9 Å². The van der Waals surface area contributed by atoms with Gasteiger partial charge in [0.1, 0.15) is 0 Å². The molecule has 3 heteroatoms. The summed E-state index contributed by atoms with van der Waals surface area (Å²) in [5.41, 5.74) is 0. The minimum absolute atomic E-state index is 0.0219. The van der Waals surface area contributed by atoms with Gasteiger partial charge in [-0.1, -0.05) is 19.3 Å². The van der Waals surface area contributed by atoms with Crippen molar-refractivity contribution in [2.45, 2.75) is 52.1 Å². The SMILES string of the molecule is CC(C)OC(=O)N(C)CC1CCCCC1. The van der Waals surface area contributed by atoms with Gasteiger partial charge in [0, 0.05) is 13.6 Å². The molecule has 0 aromatic rings. The van der Waals surface area contributed by atoms with Crippen LogP contribution in [0.4, 0.5) is 4.79 Å². The lowest BCUT2D eigenvalue weighted by atomic mass is 9.89. The fourth-order valence-corrected chi connectivity index (χ4v) is 2.12. The van der Waals surface area contributed by atoms with Crippen LogP contribution in [0, 0.1) is 5.92 Å². The van der Waals surface area contributed by atoms with Gasteiger partial charge in [-0.2, -0.15) is 0 Å². The number of rotatable bonds is 3. The fourth-order valence-electron chi connectivity index (χ4n) is 2.12. The largest absolute Gasteiger partial charge is 0.447 e. The molecule has 15 heavy (non-hydrogen) atoms. The molecular weight excluding hydrogens is 190 g/mol. The van der Waals surface area contributed by atoms with Gasteiger partial charge in [-0.15, -0.1) is 0 Å². The van der Waals surface area contributed by atoms with Gasteiger partial charge in [0.25, 0.3) is 0 Å². The third kappa shape index (κ3) is 4.54. The van der Waals surface area contributed by atoms with Gasteiger partial charge >= 0.3 is 6.09 Å². The first-order chi connectivity index (χ1) is 7.09. The fraction of sp³-hybridized carbons (Fsp3) is 0.917. The van der Waals surface area contributed by atoms with Crippen LogP contribution in [0.1, 0.15) is 46.0 Å². The van der Waals surface area contributed by atoms with Crippen LogP contribution in [-0.2, 0) is 4.74 Å². The van der Waals surface area contributed by atoms with E-state index in [0.717, 1.165) is 6.54 Å². The lowest BCUT2D eigenvalue weighted by Gasteiger charge is -2.27. The second-order valence-corrected chi connectivity index (χ2v) is 4.82. The Balaban J connectivity index is 2.26. The number of ether oxygens (including phenoxy) is 1. The van der Waals surface area contributed by atoms with Crippen molar-refractivity contribution >= 4 is 6.09 Å². The zero-order chi connectivity index (χ0) is 11.3. The molecule has 0 unspecified atom stereocenters. The Bertz CT molecular complexity index is 198. The molecule has 0 radical (unpaired) electrons. The van der Waals surface area contributed by atoms with Gasteiger partial charge in [-0.05, 0) is 32.6 Å². The third-order valence-corrected chi connectivity index (χ3v) is 2.90. The molecule has 0 atom stereocenters. The number of carbonyl (C=O) groups is 1. The minimum atomic E-state index is -0.185. The van der Waals surface area contributed by atoms with Crippen molar-refractivity contribution in [3.8, 4) is 0 Å². The summed E-state index contributed by atoms with van der Waals surface area (Å²) in [6.07, 6.45) is 6.31. The zero-order valence-corrected chi connectivity index (χ0v) is 10.2. The molecule has 88 valence electrons. The number of hydrogen-bond donors (Lipinski definition) is 0. The summed E-state index contributed by atoms with van der Waals surface area (Å²) < 4.78 is 5.14. The molecule has 1 aliphatic rings. The lowest BCUT2D eigenvalue weighted by molar-refractivity contribution is 0.0776. The maximum atomic E-state index is 11.5. The van der Waals surface area contributed by atoms with Crippen molar-refractivity contribution in [1.29, 1.82) is 0 Å². The van der Waals surface area contributed by atoms with E-state index in [1.165, 1.54) is 32.1 Å². The maximum Gasteiger partial charge on any atom is 0.409 e. The molecule has 0 spiro atoms. The Labute approximate surface area is 92.8 Å². The highest BCUT2D eigenvalue weighted by atomic mass is 16.6. The number of nitrogens with zero attached hydrogens (tertiary/aromatic N) is 1. The molecular formula is C12H23NO2. The van der Waals surface area contributed by atoms with E-state index in [0.29, 0.717) is 5.92 Å². The molecule has 3 nitrogen and oxygen atoms in total. The lowest BCUT2D eigenvalue weighted by Crippen LogP contribution is -2.34. The Morgan fingerprint density at radius 2 is 1.93 bits per heavy atom. The van der Waals surface area contributed by atoms with Gasteiger partial charge in [-0.25, -0.2) is 4.79 Å². The summed E-state index contributed by atoms with van der Waals surface area (Å²) in [5, 5.41) is 0. The molecule has 0 N–H and O–H groups in total. The molecule has 0 aliphatic heterocycles. The van der Waals surface area contributed by atoms with Crippen LogP contribution in [0.25, 0.3) is 0 Å². The summed E-state index contributed by atoms with van der Waals surface area (Å²) in [4.78, 5) is 13.2. The van der Waals surface area contributed by atoms with E-state index < -0.39 is 0 Å². The quantitative estimate of drug-likeness (QED) is 0.721. The Morgan fingerprint density at radius 3 is 2.47 bits per heavy atom. The van der Waals surface area contributed by atoms with Crippen molar-refractivity contribution in [2.75, 3.05) is 13.6 Å². The van der Waals surface area contributed by atoms with E-state index >= 15 is 0 Å². The van der Waals surface area contributed by atoms with Crippen molar-refractivity contribution in [2.24, 2.45) is 5.92 Å². The molecule has 0 saturated heterocycles. The zero-order valence-electron chi connectivity index (χ0n) is 10.2. The molecule has 1 aliphatic carbocycles. The predicted octanol–water partition coefficient (Wildman–Crippen LogP) is 3.04. The highest BCUT2D eigenvalue weighted by Gasteiger charge is 2.19. The van der Waals surface area contributed by atoms with Gasteiger partial charge in [-0.3, -0.25) is 0 Å². The standard InChI is InChI=1S/C12H23NO2/c1-10(2)15-12(14)13(3)9-11-7-5-4-6-8-11/h10-11H,4-9H2,1-3H3. The highest BCUT2D eigenvalue weighted by Crippen LogP contribution is 2.24. The maximum absolute atomic E-state index is 11.5. The average Bonchev–Trinajstić information content (AvgIpc) is 2.18. The van der Waals surface area contributed by atoms with Gasteiger partial charge < -0.3 is 9.64 Å². The number of amides is 1. The number of hydrogen-bond acceptors (Lipinski definition) is 2. The molecule has 0 heterocycles. The van der Waals surface area contributed by atoms with Crippen LogP contribution < -0.4 is 0 Å². The van der Waals surface area contributed by atoms with Crippen molar-refractivity contribution in [1.82, 2.24) is 4.90 Å². The molecule has 1 fully saturated rings.